The van der Waals surface area contributed by atoms with Crippen LogP contribution in [0.1, 0.15) is 80.2 Å². The fraction of sp³-hybridized carbons (Fsp3) is 0.605. The number of amides is 3. The molecule has 2 fully saturated rings. The van der Waals surface area contributed by atoms with Crippen molar-refractivity contribution in [2.45, 2.75) is 104 Å². The van der Waals surface area contributed by atoms with Gasteiger partial charge in [0.15, 0.2) is 0 Å². The predicted octanol–water partition coefficient (Wildman–Crippen LogP) is 6.35. The summed E-state index contributed by atoms with van der Waals surface area (Å²) in [5.74, 6) is 0.603. The molecule has 0 spiro atoms. The summed E-state index contributed by atoms with van der Waals surface area (Å²) in [6.07, 6.45) is 2.65. The van der Waals surface area contributed by atoms with Gasteiger partial charge in [0.1, 0.15) is 16.7 Å². The van der Waals surface area contributed by atoms with Crippen molar-refractivity contribution in [1.29, 1.82) is 5.41 Å². The lowest BCUT2D eigenvalue weighted by Gasteiger charge is -2.51. The van der Waals surface area contributed by atoms with Crippen molar-refractivity contribution in [3.05, 3.63) is 48.0 Å². The number of rotatable bonds is 9. The minimum absolute atomic E-state index is 0.00454. The number of likely N-dealkylation sites (tertiary alicyclic amines) is 1. The van der Waals surface area contributed by atoms with E-state index in [0.717, 1.165) is 34.2 Å². The van der Waals surface area contributed by atoms with Gasteiger partial charge in [0.2, 0.25) is 11.9 Å². The van der Waals surface area contributed by atoms with Crippen LogP contribution in [0.15, 0.2) is 47.5 Å². The van der Waals surface area contributed by atoms with Crippen molar-refractivity contribution in [2.75, 3.05) is 19.6 Å². The average molecular weight is 675 g/mol. The molecule has 3 heterocycles. The number of carbonyl (C=O) groups excluding carboxylic acids is 3. The van der Waals surface area contributed by atoms with Gasteiger partial charge in [-0.05, 0) is 89.0 Å². The third-order valence-corrected chi connectivity index (χ3v) is 9.67. The molecule has 1 saturated heterocycles. The second kappa shape index (κ2) is 14.1. The maximum absolute atomic E-state index is 14.3. The molecule has 0 aromatic heterocycles. The number of nitrogens with zero attached hydrogens (tertiary/aromatic N) is 3. The number of aliphatic imine (C=N–C) groups is 1. The predicted molar refractivity (Wildman–Crippen MR) is 192 cm³/mol. The number of alkyl carbamates (subject to hydrolysis) is 1. The highest BCUT2D eigenvalue weighted by atomic mass is 16.6. The van der Waals surface area contributed by atoms with Crippen molar-refractivity contribution < 1.29 is 23.9 Å². The summed E-state index contributed by atoms with van der Waals surface area (Å²) in [5, 5.41) is 16.5. The normalized spacial score (nSPS) is 24.6. The highest BCUT2D eigenvalue weighted by Gasteiger charge is 2.63. The highest BCUT2D eigenvalue weighted by Crippen LogP contribution is 2.54. The number of fused-ring (bicyclic) bond motifs is 1. The van der Waals surface area contributed by atoms with Crippen LogP contribution in [0.5, 0.6) is 0 Å². The molecule has 0 unspecified atom stereocenters. The van der Waals surface area contributed by atoms with E-state index in [1.807, 2.05) is 24.4 Å². The molecule has 4 aliphatic rings. The average Bonchev–Trinajstić information content (AvgIpc) is 3.30. The van der Waals surface area contributed by atoms with E-state index in [0.29, 0.717) is 37.8 Å². The van der Waals surface area contributed by atoms with Gasteiger partial charge in [-0.15, -0.1) is 0 Å². The van der Waals surface area contributed by atoms with E-state index >= 15 is 0 Å². The third-order valence-electron chi connectivity index (χ3n) is 9.67. The Balaban J connectivity index is 1.29. The van der Waals surface area contributed by atoms with Gasteiger partial charge in [-0.3, -0.25) is 25.4 Å². The molecule has 2 aromatic carbocycles. The Morgan fingerprint density at radius 2 is 1.73 bits per heavy atom. The number of hydrogen-bond acceptors (Lipinski definition) is 8. The smallest absolute Gasteiger partial charge is 0.417 e. The van der Waals surface area contributed by atoms with E-state index in [1.54, 1.807) is 41.5 Å². The molecule has 1 aliphatic carbocycles. The lowest BCUT2D eigenvalue weighted by atomic mass is 9.59. The van der Waals surface area contributed by atoms with Gasteiger partial charge < -0.3 is 14.8 Å². The number of carbonyl (C=O) groups is 3. The van der Waals surface area contributed by atoms with Crippen LogP contribution >= 0.6 is 0 Å². The molecule has 1 saturated carbocycles. The fourth-order valence-corrected chi connectivity index (χ4v) is 7.89. The van der Waals surface area contributed by atoms with Gasteiger partial charge in [0.05, 0.1) is 0 Å². The molecule has 0 radical (unpaired) electrons. The summed E-state index contributed by atoms with van der Waals surface area (Å²) in [5.41, 5.74) is -1.27. The molecule has 3 aliphatic heterocycles. The van der Waals surface area contributed by atoms with Crippen molar-refractivity contribution in [3.63, 3.8) is 0 Å². The van der Waals surface area contributed by atoms with Crippen molar-refractivity contribution in [3.8, 4) is 0 Å². The summed E-state index contributed by atoms with van der Waals surface area (Å²) in [6.45, 7) is 17.0. The molecule has 6 rings (SSSR count). The topological polar surface area (TPSA) is 136 Å². The first-order valence-electron chi connectivity index (χ1n) is 17.6. The van der Waals surface area contributed by atoms with Gasteiger partial charge in [0.25, 0.3) is 0 Å². The first-order chi connectivity index (χ1) is 23.0. The van der Waals surface area contributed by atoms with Crippen molar-refractivity contribution >= 4 is 41.0 Å². The van der Waals surface area contributed by atoms with Crippen molar-refractivity contribution in [1.82, 2.24) is 20.4 Å². The molecule has 4 bridgehead atoms. The number of guanidine groups is 1. The molecule has 5 atom stereocenters. The van der Waals surface area contributed by atoms with Crippen molar-refractivity contribution in [2.24, 2.45) is 28.7 Å². The van der Waals surface area contributed by atoms with Crippen LogP contribution in [0.4, 0.5) is 9.59 Å². The highest BCUT2D eigenvalue weighted by molar-refractivity contribution is 6.00. The van der Waals surface area contributed by atoms with Crippen LogP contribution in [-0.2, 0) is 20.8 Å². The summed E-state index contributed by atoms with van der Waals surface area (Å²) < 4.78 is 10.9. The third kappa shape index (κ3) is 8.25. The summed E-state index contributed by atoms with van der Waals surface area (Å²) in [7, 11) is 0. The van der Waals surface area contributed by atoms with Gasteiger partial charge in [-0.2, -0.15) is 0 Å². The molecule has 3 N–H and O–H groups in total. The second-order valence-electron chi connectivity index (χ2n) is 16.2. The van der Waals surface area contributed by atoms with Crippen LogP contribution in [-0.4, -0.2) is 82.5 Å². The Kier molecular flexibility index (Phi) is 10.4. The fourth-order valence-electron chi connectivity index (χ4n) is 7.89. The maximum atomic E-state index is 14.3. The summed E-state index contributed by atoms with van der Waals surface area (Å²) >= 11 is 0. The number of nitrogens with one attached hydrogen (secondary N) is 3. The molecular formula is C38H54N6O5. The first kappa shape index (κ1) is 36.3. The van der Waals surface area contributed by atoms with Crippen LogP contribution < -0.4 is 10.6 Å². The summed E-state index contributed by atoms with van der Waals surface area (Å²) in [4.78, 5) is 48.6. The van der Waals surface area contributed by atoms with Crippen LogP contribution in [0.25, 0.3) is 10.8 Å². The molecule has 11 heteroatoms. The Bertz CT molecular complexity index is 1590. The van der Waals surface area contributed by atoms with Gasteiger partial charge in [0, 0.05) is 50.3 Å². The lowest BCUT2D eigenvalue weighted by molar-refractivity contribution is -0.132. The Hall–Kier alpha value is -3.99. The zero-order valence-electron chi connectivity index (χ0n) is 30.3. The van der Waals surface area contributed by atoms with E-state index in [4.69, 9.17) is 19.9 Å². The Labute approximate surface area is 290 Å². The standard InChI is InChI=1S/C38H54N6O5/c1-24(2)19-30-31-29-22-41-38(30,32(45)40-21-26-15-11-14-25-13-9-10-16-28(25)26)20-27(29)23-43(31)17-12-18-44(35(47)49-37(6,7)8)33(39)42-34(46)48-36(3,4)5/h9-11,13-16,22,24,27,29-31H,12,17-21,23H2,1-8H3,(H,40,45)(H2,39,42,46)/t27-,29-,30-,31+,38+/m1/s1. The zero-order chi connectivity index (χ0) is 35.7. The summed E-state index contributed by atoms with van der Waals surface area (Å²) in [6, 6.07) is 14.6. The van der Waals surface area contributed by atoms with Crippen LogP contribution in [0.3, 0.4) is 0 Å². The van der Waals surface area contributed by atoms with Gasteiger partial charge >= 0.3 is 12.2 Å². The number of ether oxygens (including phenoxy) is 2. The first-order valence-corrected chi connectivity index (χ1v) is 17.6. The Morgan fingerprint density at radius 1 is 1.04 bits per heavy atom. The minimum atomic E-state index is -0.824. The van der Waals surface area contributed by atoms with E-state index in [1.165, 1.54) is 0 Å². The van der Waals surface area contributed by atoms with Gasteiger partial charge in [-0.25, -0.2) is 14.5 Å². The zero-order valence-corrected chi connectivity index (χ0v) is 30.3. The minimum Gasteiger partial charge on any atom is -0.444 e. The second-order valence-corrected chi connectivity index (χ2v) is 16.2. The van der Waals surface area contributed by atoms with Gasteiger partial charge in [-0.1, -0.05) is 56.3 Å². The molecule has 49 heavy (non-hydrogen) atoms. The molecule has 11 nitrogen and oxygen atoms in total. The molecular weight excluding hydrogens is 620 g/mol. The van der Waals surface area contributed by atoms with E-state index in [2.05, 4.69) is 53.6 Å². The molecule has 266 valence electrons. The molecule has 3 amide bonds. The van der Waals surface area contributed by atoms with E-state index in [-0.39, 0.29) is 30.3 Å². The monoisotopic (exact) mass is 674 g/mol. The Morgan fingerprint density at radius 3 is 2.43 bits per heavy atom. The molecule has 2 aromatic rings. The van der Waals surface area contributed by atoms with Crippen LogP contribution in [0.2, 0.25) is 0 Å². The largest absolute Gasteiger partial charge is 0.444 e. The van der Waals surface area contributed by atoms with E-state index < -0.39 is 34.9 Å². The van der Waals surface area contributed by atoms with Crippen LogP contribution in [0, 0.1) is 29.1 Å². The SMILES string of the molecule is CC(C)C[C@@H]1[C@@H]2[C@@H]3C=N[C@@]1(C(=O)NCc1cccc4ccccc14)C[C@@H]3CN2CCCN(C(=N)NC(=O)OC(C)(C)C)C(=O)OC(C)(C)C. The lowest BCUT2D eigenvalue weighted by Crippen LogP contribution is -2.63. The number of hydrogen-bond donors (Lipinski definition) is 3. The van der Waals surface area contributed by atoms with E-state index in [9.17, 15) is 14.4 Å². The quantitative estimate of drug-likeness (QED) is 0.210. The number of benzene rings is 2. The maximum Gasteiger partial charge on any atom is 0.417 e.